The molecule has 1 fully saturated rings. The molecule has 2 aliphatic heterocycles. The van der Waals surface area contributed by atoms with Gasteiger partial charge < -0.3 is 10.1 Å². The molecule has 2 aliphatic rings. The molecule has 1 spiro atoms. The largest absolute Gasteiger partial charge is 0.384 e. The minimum Gasteiger partial charge on any atom is -0.384 e. The topological polar surface area (TPSA) is 21.3 Å². The molecule has 2 heterocycles. The van der Waals surface area contributed by atoms with E-state index in [0.29, 0.717) is 0 Å². The average Bonchev–Trinajstić information content (AvgIpc) is 2.87. The average molecular weight is 231 g/mol. The Bertz CT molecular complexity index is 439. The standard InChI is InChI=1S/C15H21NO/c1-14(2,3)11-4-5-13-12(8-11)15(9-16-13)6-7-17-10-15/h4-5,8,16H,6-7,9-10H2,1-3H3. The van der Waals surface area contributed by atoms with Crippen molar-refractivity contribution in [2.24, 2.45) is 0 Å². The molecule has 17 heavy (non-hydrogen) atoms. The smallest absolute Gasteiger partial charge is 0.0581 e. The zero-order chi connectivity index (χ0) is 12.1. The first-order valence-corrected chi connectivity index (χ1v) is 6.48. The quantitative estimate of drug-likeness (QED) is 0.741. The van der Waals surface area contributed by atoms with Gasteiger partial charge in [-0.1, -0.05) is 32.9 Å². The molecule has 0 saturated carbocycles. The number of anilines is 1. The normalized spacial score (nSPS) is 27.2. The van der Waals surface area contributed by atoms with Crippen molar-refractivity contribution in [2.75, 3.05) is 25.1 Å². The van der Waals surface area contributed by atoms with Crippen molar-refractivity contribution < 1.29 is 4.74 Å². The molecular weight excluding hydrogens is 210 g/mol. The van der Waals surface area contributed by atoms with E-state index in [2.05, 4.69) is 44.3 Å². The lowest BCUT2D eigenvalue weighted by atomic mass is 9.78. The van der Waals surface area contributed by atoms with E-state index in [9.17, 15) is 0 Å². The first-order valence-electron chi connectivity index (χ1n) is 6.48. The number of nitrogens with one attached hydrogen (secondary N) is 1. The predicted molar refractivity (Wildman–Crippen MR) is 70.7 cm³/mol. The van der Waals surface area contributed by atoms with Crippen LogP contribution in [-0.2, 0) is 15.6 Å². The summed E-state index contributed by atoms with van der Waals surface area (Å²) in [6.07, 6.45) is 1.15. The van der Waals surface area contributed by atoms with Crippen LogP contribution < -0.4 is 5.32 Å². The van der Waals surface area contributed by atoms with Gasteiger partial charge in [0.15, 0.2) is 0 Å². The monoisotopic (exact) mass is 231 g/mol. The van der Waals surface area contributed by atoms with Crippen molar-refractivity contribution >= 4 is 5.69 Å². The van der Waals surface area contributed by atoms with E-state index in [1.54, 1.807) is 0 Å². The Morgan fingerprint density at radius 3 is 2.76 bits per heavy atom. The van der Waals surface area contributed by atoms with Crippen molar-refractivity contribution in [3.63, 3.8) is 0 Å². The lowest BCUT2D eigenvalue weighted by Gasteiger charge is -2.24. The summed E-state index contributed by atoms with van der Waals surface area (Å²) in [5.41, 5.74) is 4.67. The summed E-state index contributed by atoms with van der Waals surface area (Å²) < 4.78 is 5.62. The zero-order valence-electron chi connectivity index (χ0n) is 11.0. The van der Waals surface area contributed by atoms with Crippen molar-refractivity contribution in [3.8, 4) is 0 Å². The van der Waals surface area contributed by atoms with Crippen LogP contribution in [0.15, 0.2) is 18.2 Å². The molecule has 0 amide bonds. The zero-order valence-corrected chi connectivity index (χ0v) is 11.0. The first-order chi connectivity index (χ1) is 8.01. The van der Waals surface area contributed by atoms with Gasteiger partial charge in [-0.25, -0.2) is 0 Å². The highest BCUT2D eigenvalue weighted by molar-refractivity contribution is 5.62. The van der Waals surface area contributed by atoms with Crippen molar-refractivity contribution in [1.82, 2.24) is 0 Å². The maximum atomic E-state index is 5.62. The van der Waals surface area contributed by atoms with E-state index < -0.39 is 0 Å². The molecule has 0 radical (unpaired) electrons. The molecule has 1 N–H and O–H groups in total. The lowest BCUT2D eigenvalue weighted by Crippen LogP contribution is -2.28. The van der Waals surface area contributed by atoms with Gasteiger partial charge in [0.25, 0.3) is 0 Å². The number of hydrogen-bond acceptors (Lipinski definition) is 2. The van der Waals surface area contributed by atoms with E-state index in [4.69, 9.17) is 4.74 Å². The van der Waals surface area contributed by atoms with Gasteiger partial charge >= 0.3 is 0 Å². The third-order valence-corrected chi connectivity index (χ3v) is 4.18. The van der Waals surface area contributed by atoms with Gasteiger partial charge in [0.2, 0.25) is 0 Å². The van der Waals surface area contributed by atoms with E-state index in [1.807, 2.05) is 0 Å². The predicted octanol–water partition coefficient (Wildman–Crippen LogP) is 3.07. The van der Waals surface area contributed by atoms with Crippen molar-refractivity contribution in [2.45, 2.75) is 38.0 Å². The van der Waals surface area contributed by atoms with E-state index in [-0.39, 0.29) is 10.8 Å². The van der Waals surface area contributed by atoms with Gasteiger partial charge in [-0.2, -0.15) is 0 Å². The maximum absolute atomic E-state index is 5.62. The van der Waals surface area contributed by atoms with Crippen LogP contribution in [-0.4, -0.2) is 19.8 Å². The molecule has 92 valence electrons. The minimum absolute atomic E-state index is 0.221. The van der Waals surface area contributed by atoms with Crippen molar-refractivity contribution in [3.05, 3.63) is 29.3 Å². The fraction of sp³-hybridized carbons (Fsp3) is 0.600. The summed E-state index contributed by atoms with van der Waals surface area (Å²) in [5.74, 6) is 0. The lowest BCUT2D eigenvalue weighted by molar-refractivity contribution is 0.181. The Morgan fingerprint density at radius 2 is 2.12 bits per heavy atom. The van der Waals surface area contributed by atoms with Gasteiger partial charge in [0.05, 0.1) is 6.61 Å². The maximum Gasteiger partial charge on any atom is 0.0581 e. The highest BCUT2D eigenvalue weighted by Crippen LogP contribution is 2.43. The third-order valence-electron chi connectivity index (χ3n) is 4.18. The molecule has 1 aromatic rings. The van der Waals surface area contributed by atoms with Gasteiger partial charge in [-0.05, 0) is 29.0 Å². The molecule has 1 atom stereocenters. The second-order valence-corrected chi connectivity index (χ2v) is 6.45. The number of fused-ring (bicyclic) bond motifs is 2. The highest BCUT2D eigenvalue weighted by atomic mass is 16.5. The Hall–Kier alpha value is -1.02. The molecule has 1 aromatic carbocycles. The molecule has 0 aliphatic carbocycles. The van der Waals surface area contributed by atoms with Crippen molar-refractivity contribution in [1.29, 1.82) is 0 Å². The van der Waals surface area contributed by atoms with Crippen LogP contribution in [0.3, 0.4) is 0 Å². The summed E-state index contributed by atoms with van der Waals surface area (Å²) in [5, 5.41) is 3.53. The minimum atomic E-state index is 0.221. The molecule has 1 unspecified atom stereocenters. The second-order valence-electron chi connectivity index (χ2n) is 6.45. The SMILES string of the molecule is CC(C)(C)c1ccc2c(c1)C1(CCOC1)CN2. The molecule has 2 nitrogen and oxygen atoms in total. The first kappa shape index (κ1) is 11.1. The number of ether oxygens (including phenoxy) is 1. The Balaban J connectivity index is 2.07. The summed E-state index contributed by atoms with van der Waals surface area (Å²) in [7, 11) is 0. The summed E-state index contributed by atoms with van der Waals surface area (Å²) in [4.78, 5) is 0. The Morgan fingerprint density at radius 1 is 1.29 bits per heavy atom. The molecule has 1 saturated heterocycles. The second kappa shape index (κ2) is 3.49. The van der Waals surface area contributed by atoms with Crippen LogP contribution in [0, 0.1) is 0 Å². The molecular formula is C15H21NO. The van der Waals surface area contributed by atoms with Gasteiger partial charge in [-0.3, -0.25) is 0 Å². The van der Waals surface area contributed by atoms with Crippen LogP contribution in [0.1, 0.15) is 38.3 Å². The van der Waals surface area contributed by atoms with Crippen LogP contribution >= 0.6 is 0 Å². The van der Waals surface area contributed by atoms with Gasteiger partial charge in [0, 0.05) is 24.3 Å². The van der Waals surface area contributed by atoms with Gasteiger partial charge in [-0.15, -0.1) is 0 Å². The van der Waals surface area contributed by atoms with Crippen LogP contribution in [0.4, 0.5) is 5.69 Å². The number of rotatable bonds is 0. The molecule has 0 aromatic heterocycles. The van der Waals surface area contributed by atoms with Crippen LogP contribution in [0.2, 0.25) is 0 Å². The Labute approximate surface area is 103 Å². The Kier molecular flexibility index (Phi) is 2.27. The summed E-state index contributed by atoms with van der Waals surface area (Å²) >= 11 is 0. The van der Waals surface area contributed by atoms with E-state index in [1.165, 1.54) is 16.8 Å². The highest BCUT2D eigenvalue weighted by Gasteiger charge is 2.42. The third kappa shape index (κ3) is 1.66. The number of hydrogen-bond donors (Lipinski definition) is 1. The summed E-state index contributed by atoms with van der Waals surface area (Å²) in [6.45, 7) is 9.64. The van der Waals surface area contributed by atoms with E-state index >= 15 is 0 Å². The van der Waals surface area contributed by atoms with E-state index in [0.717, 1.165) is 26.2 Å². The fourth-order valence-electron chi connectivity index (χ4n) is 2.92. The molecule has 2 heteroatoms. The van der Waals surface area contributed by atoms with Crippen LogP contribution in [0.25, 0.3) is 0 Å². The molecule has 3 rings (SSSR count). The molecule has 0 bridgehead atoms. The van der Waals surface area contributed by atoms with Gasteiger partial charge in [0.1, 0.15) is 0 Å². The van der Waals surface area contributed by atoms with Crippen LogP contribution in [0.5, 0.6) is 0 Å². The number of benzene rings is 1. The summed E-state index contributed by atoms with van der Waals surface area (Å²) in [6, 6.07) is 6.88. The fourth-order valence-corrected chi connectivity index (χ4v) is 2.92.